The molecule has 0 saturated heterocycles. The summed E-state index contributed by atoms with van der Waals surface area (Å²) < 4.78 is 35.8. The minimum atomic E-state index is -4.31. The smallest absolute Gasteiger partial charge is 0.333 e. The Balaban J connectivity index is 4.20. The number of ether oxygens (including phenoxy) is 1. The molecular formula is C10H19NO5S. The van der Waals surface area contributed by atoms with E-state index in [1.807, 2.05) is 0 Å². The molecule has 100 valence electrons. The van der Waals surface area contributed by atoms with Crippen molar-refractivity contribution in [1.82, 2.24) is 0 Å². The molecule has 0 heterocycles. The zero-order chi connectivity index (χ0) is 13.7. The fourth-order valence-corrected chi connectivity index (χ4v) is 1.91. The first-order valence-corrected chi connectivity index (χ1v) is 6.66. The predicted molar refractivity (Wildman–Crippen MR) is 63.8 cm³/mol. The van der Waals surface area contributed by atoms with Crippen LogP contribution in [0.4, 0.5) is 0 Å². The van der Waals surface area contributed by atoms with Crippen LogP contribution in [0.1, 0.15) is 33.1 Å². The first kappa shape index (κ1) is 16.1. The number of nitrogens with two attached hydrogens (primary N) is 1. The molecule has 0 aromatic heterocycles. The minimum Gasteiger partial charge on any atom is -0.462 e. The molecule has 7 heteroatoms. The van der Waals surface area contributed by atoms with E-state index in [9.17, 15) is 13.2 Å². The number of hydrogen-bond acceptors (Lipinski definition) is 5. The lowest BCUT2D eigenvalue weighted by Crippen LogP contribution is -2.47. The number of esters is 1. The maximum absolute atomic E-state index is 11.0. The van der Waals surface area contributed by atoms with Crippen molar-refractivity contribution in [3.8, 4) is 0 Å². The minimum absolute atomic E-state index is 0.0196. The highest BCUT2D eigenvalue weighted by Crippen LogP contribution is 2.20. The Morgan fingerprint density at radius 3 is 2.41 bits per heavy atom. The molecule has 0 saturated carbocycles. The summed E-state index contributed by atoms with van der Waals surface area (Å²) in [4.78, 5) is 9.34. The van der Waals surface area contributed by atoms with Gasteiger partial charge in [0.1, 0.15) is 4.87 Å². The Labute approximate surface area is 102 Å². The fraction of sp³-hybridized carbons (Fsp3) is 0.700. The number of carbonyl (C=O) groups excluding carboxylic acids is 1. The summed E-state index contributed by atoms with van der Waals surface area (Å²) in [5.41, 5.74) is 5.83. The van der Waals surface area contributed by atoms with Crippen LogP contribution in [0.15, 0.2) is 12.2 Å². The van der Waals surface area contributed by atoms with Crippen molar-refractivity contribution >= 4 is 16.1 Å². The van der Waals surface area contributed by atoms with Gasteiger partial charge in [0, 0.05) is 5.57 Å². The Morgan fingerprint density at radius 1 is 1.53 bits per heavy atom. The van der Waals surface area contributed by atoms with Gasteiger partial charge in [-0.2, -0.15) is 8.42 Å². The van der Waals surface area contributed by atoms with E-state index in [1.54, 1.807) is 6.92 Å². The van der Waals surface area contributed by atoms with Crippen molar-refractivity contribution in [3.63, 3.8) is 0 Å². The number of rotatable bonds is 7. The van der Waals surface area contributed by atoms with Crippen LogP contribution >= 0.6 is 0 Å². The predicted octanol–water partition coefficient (Wildman–Crippen LogP) is 0.839. The third-order valence-electron chi connectivity index (χ3n) is 2.44. The molecule has 0 aliphatic rings. The van der Waals surface area contributed by atoms with Crippen LogP contribution in [-0.4, -0.2) is 30.4 Å². The molecule has 0 aliphatic carbocycles. The molecule has 17 heavy (non-hydrogen) atoms. The van der Waals surface area contributed by atoms with Crippen LogP contribution < -0.4 is 5.73 Å². The normalized spacial score (nSPS) is 15.1. The molecule has 0 aromatic rings. The maximum Gasteiger partial charge on any atom is 0.333 e. The summed E-state index contributed by atoms with van der Waals surface area (Å²) in [7, 11) is -4.31. The van der Waals surface area contributed by atoms with Crippen molar-refractivity contribution < 1.29 is 22.5 Å². The van der Waals surface area contributed by atoms with Gasteiger partial charge in [-0.1, -0.05) is 13.5 Å². The quantitative estimate of drug-likeness (QED) is 0.306. The molecule has 1 unspecified atom stereocenters. The molecule has 0 spiro atoms. The van der Waals surface area contributed by atoms with E-state index >= 15 is 0 Å². The Morgan fingerprint density at radius 2 is 2.06 bits per heavy atom. The van der Waals surface area contributed by atoms with Crippen molar-refractivity contribution in [1.29, 1.82) is 0 Å². The van der Waals surface area contributed by atoms with Crippen LogP contribution in [0.2, 0.25) is 0 Å². The van der Waals surface area contributed by atoms with Crippen molar-refractivity contribution in [2.24, 2.45) is 5.73 Å². The molecule has 0 fully saturated rings. The van der Waals surface area contributed by atoms with Gasteiger partial charge in [0.25, 0.3) is 10.1 Å². The van der Waals surface area contributed by atoms with Gasteiger partial charge in [-0.25, -0.2) is 4.79 Å². The monoisotopic (exact) mass is 265 g/mol. The third kappa shape index (κ3) is 4.84. The van der Waals surface area contributed by atoms with Crippen LogP contribution in [0, 0.1) is 0 Å². The van der Waals surface area contributed by atoms with E-state index in [-0.39, 0.29) is 31.4 Å². The molecule has 0 aliphatic heterocycles. The molecule has 0 aromatic carbocycles. The van der Waals surface area contributed by atoms with Gasteiger partial charge in [-0.15, -0.1) is 0 Å². The highest BCUT2D eigenvalue weighted by Gasteiger charge is 2.36. The van der Waals surface area contributed by atoms with E-state index < -0.39 is 21.0 Å². The second-order valence-electron chi connectivity index (χ2n) is 3.91. The van der Waals surface area contributed by atoms with Gasteiger partial charge in [-0.3, -0.25) is 4.55 Å². The van der Waals surface area contributed by atoms with Crippen molar-refractivity contribution in [3.05, 3.63) is 12.2 Å². The second-order valence-corrected chi connectivity index (χ2v) is 5.68. The molecule has 3 N–H and O–H groups in total. The van der Waals surface area contributed by atoms with Crippen LogP contribution in [-0.2, 0) is 19.6 Å². The highest BCUT2D eigenvalue weighted by atomic mass is 32.2. The lowest BCUT2D eigenvalue weighted by Gasteiger charge is -2.24. The topological polar surface area (TPSA) is 107 Å². The van der Waals surface area contributed by atoms with E-state index in [4.69, 9.17) is 15.0 Å². The molecule has 1 atom stereocenters. The van der Waals surface area contributed by atoms with Crippen molar-refractivity contribution in [2.75, 3.05) is 6.61 Å². The standard InChI is InChI=1S/C10H19NO5S/c1-4-10(11,17(13,14)15)6-5-7-16-9(12)8(2)3/h2,4-7,11H2,1,3H3,(H,13,14,15). The molecule has 6 nitrogen and oxygen atoms in total. The summed E-state index contributed by atoms with van der Waals surface area (Å²) in [5.74, 6) is -0.532. The Hall–Kier alpha value is -0.920. The van der Waals surface area contributed by atoms with Gasteiger partial charge >= 0.3 is 5.97 Å². The Bertz CT molecular complexity index is 390. The zero-order valence-electron chi connectivity index (χ0n) is 10.1. The van der Waals surface area contributed by atoms with Crippen LogP contribution in [0.25, 0.3) is 0 Å². The molecular weight excluding hydrogens is 246 g/mol. The van der Waals surface area contributed by atoms with Gasteiger partial charge in [-0.05, 0) is 26.2 Å². The first-order valence-electron chi connectivity index (χ1n) is 5.22. The lowest BCUT2D eigenvalue weighted by atomic mass is 10.1. The molecule has 0 rings (SSSR count). The Kier molecular flexibility index (Phi) is 5.80. The summed E-state index contributed by atoms with van der Waals surface area (Å²) in [5, 5.41) is 0. The molecule has 0 bridgehead atoms. The summed E-state index contributed by atoms with van der Waals surface area (Å²) in [6.45, 7) is 6.52. The first-order chi connectivity index (χ1) is 7.64. The van der Waals surface area contributed by atoms with Gasteiger partial charge < -0.3 is 10.5 Å². The summed E-state index contributed by atoms with van der Waals surface area (Å²) in [6, 6.07) is 0. The lowest BCUT2D eigenvalue weighted by molar-refractivity contribution is -0.139. The summed E-state index contributed by atoms with van der Waals surface area (Å²) >= 11 is 0. The fourth-order valence-electron chi connectivity index (χ4n) is 1.15. The molecule has 0 amide bonds. The molecule has 0 radical (unpaired) electrons. The van der Waals surface area contributed by atoms with Gasteiger partial charge in [0.15, 0.2) is 0 Å². The van der Waals surface area contributed by atoms with Crippen LogP contribution in [0.5, 0.6) is 0 Å². The number of carbonyl (C=O) groups is 1. The maximum atomic E-state index is 11.0. The SMILES string of the molecule is C=C(C)C(=O)OCCCC(N)(CC)S(=O)(=O)O. The van der Waals surface area contributed by atoms with E-state index in [0.29, 0.717) is 0 Å². The van der Waals surface area contributed by atoms with Crippen LogP contribution in [0.3, 0.4) is 0 Å². The average molecular weight is 265 g/mol. The van der Waals surface area contributed by atoms with E-state index in [2.05, 4.69) is 6.58 Å². The largest absolute Gasteiger partial charge is 0.462 e. The third-order valence-corrected chi connectivity index (χ3v) is 3.96. The zero-order valence-corrected chi connectivity index (χ0v) is 10.9. The highest BCUT2D eigenvalue weighted by molar-refractivity contribution is 7.87. The van der Waals surface area contributed by atoms with Crippen molar-refractivity contribution in [2.45, 2.75) is 38.0 Å². The van der Waals surface area contributed by atoms with Gasteiger partial charge in [0.05, 0.1) is 6.61 Å². The number of hydrogen-bond donors (Lipinski definition) is 2. The summed E-state index contributed by atoms with van der Waals surface area (Å²) in [6.07, 6.45) is 0.356. The average Bonchev–Trinajstić information content (AvgIpc) is 2.21. The van der Waals surface area contributed by atoms with Gasteiger partial charge in [0.2, 0.25) is 0 Å². The van der Waals surface area contributed by atoms with E-state index in [1.165, 1.54) is 6.92 Å². The van der Waals surface area contributed by atoms with E-state index in [0.717, 1.165) is 0 Å². The second kappa shape index (κ2) is 6.13.